The molecule has 0 amide bonds. The third-order valence-corrected chi connectivity index (χ3v) is 10.5. The van der Waals surface area contributed by atoms with Crippen LogP contribution in [0.4, 0.5) is 11.6 Å². The van der Waals surface area contributed by atoms with Gasteiger partial charge in [-0.25, -0.2) is 9.97 Å². The van der Waals surface area contributed by atoms with Crippen molar-refractivity contribution < 1.29 is 5.11 Å². The Labute approximate surface area is 315 Å². The summed E-state index contributed by atoms with van der Waals surface area (Å²) in [5.74, 6) is 1.83. The minimum Gasteiger partial charge on any atom is -0.366 e. The first-order valence-electron chi connectivity index (χ1n) is 18.2. The van der Waals surface area contributed by atoms with E-state index in [0.717, 1.165) is 61.4 Å². The number of aliphatic hydroxyl groups is 1. The van der Waals surface area contributed by atoms with E-state index in [9.17, 15) is 5.11 Å². The standard InChI is InChI=1S/C47H31N7O/c55-46-45-48-37-21-11-13-23-40(37)53(45)42-29-33(32-24-26-39-36(28-32)35-20-10-12-22-38(35)52(39)34-18-8-3-9-19-34)25-27-41(42)54(46)47-50-43(30-14-4-1-5-15-30)49-44(51-47)31-16-6-2-7-17-31/h1-29,46,55H. The van der Waals surface area contributed by atoms with Crippen molar-refractivity contribution in [2.24, 2.45) is 0 Å². The van der Waals surface area contributed by atoms with E-state index in [0.29, 0.717) is 23.4 Å². The maximum absolute atomic E-state index is 12.3. The summed E-state index contributed by atoms with van der Waals surface area (Å²) in [7, 11) is 0. The van der Waals surface area contributed by atoms with Gasteiger partial charge in [0.05, 0.1) is 33.4 Å². The molecule has 260 valence electrons. The summed E-state index contributed by atoms with van der Waals surface area (Å²) in [6.07, 6.45) is -1.18. The summed E-state index contributed by atoms with van der Waals surface area (Å²) in [6.45, 7) is 0. The van der Waals surface area contributed by atoms with E-state index in [4.69, 9.17) is 19.9 Å². The zero-order chi connectivity index (χ0) is 36.5. The first-order chi connectivity index (χ1) is 27.2. The minimum absolute atomic E-state index is 0.322. The van der Waals surface area contributed by atoms with E-state index < -0.39 is 6.23 Å². The molecule has 1 aliphatic heterocycles. The normalized spacial score (nSPS) is 13.7. The topological polar surface area (TPSA) is 84.9 Å². The third kappa shape index (κ3) is 4.96. The Morgan fingerprint density at radius 1 is 0.418 bits per heavy atom. The minimum atomic E-state index is -1.18. The van der Waals surface area contributed by atoms with Crippen LogP contribution in [0.3, 0.4) is 0 Å². The predicted octanol–water partition coefficient (Wildman–Crippen LogP) is 10.5. The lowest BCUT2D eigenvalue weighted by Gasteiger charge is -2.35. The fourth-order valence-electron chi connectivity index (χ4n) is 7.93. The molecule has 0 bridgehead atoms. The number of hydrogen-bond acceptors (Lipinski definition) is 6. The van der Waals surface area contributed by atoms with Crippen molar-refractivity contribution in [3.8, 4) is 45.3 Å². The maximum atomic E-state index is 12.3. The number of benzene rings is 7. The monoisotopic (exact) mass is 709 g/mol. The number of para-hydroxylation sites is 4. The number of imidazole rings is 1. The molecule has 8 heteroatoms. The molecule has 10 aromatic rings. The smallest absolute Gasteiger partial charge is 0.236 e. The van der Waals surface area contributed by atoms with Gasteiger partial charge in [0.15, 0.2) is 23.7 Å². The van der Waals surface area contributed by atoms with E-state index in [-0.39, 0.29) is 0 Å². The van der Waals surface area contributed by atoms with E-state index in [1.54, 1.807) is 4.90 Å². The van der Waals surface area contributed by atoms with Gasteiger partial charge in [0.1, 0.15) is 0 Å². The van der Waals surface area contributed by atoms with Crippen molar-refractivity contribution in [2.45, 2.75) is 6.23 Å². The molecule has 0 aliphatic carbocycles. The van der Waals surface area contributed by atoms with Crippen LogP contribution in [0.5, 0.6) is 0 Å². The van der Waals surface area contributed by atoms with Crippen LogP contribution in [0.25, 0.3) is 78.1 Å². The molecule has 3 aromatic heterocycles. The SMILES string of the molecule is OC1c2nc3ccccc3n2-c2cc(-c3ccc4c(c3)c3ccccc3n4-c3ccccc3)ccc2N1c1nc(-c2ccccc2)nc(-c2ccccc2)n1. The van der Waals surface area contributed by atoms with Gasteiger partial charge in [-0.2, -0.15) is 9.97 Å². The number of nitrogens with zero attached hydrogens (tertiary/aromatic N) is 7. The molecule has 1 N–H and O–H groups in total. The highest BCUT2D eigenvalue weighted by Crippen LogP contribution is 2.45. The lowest BCUT2D eigenvalue weighted by molar-refractivity contribution is 0.168. The zero-order valence-electron chi connectivity index (χ0n) is 29.4. The molecule has 8 nitrogen and oxygen atoms in total. The van der Waals surface area contributed by atoms with Crippen molar-refractivity contribution in [3.05, 3.63) is 182 Å². The quantitative estimate of drug-likeness (QED) is 0.192. The highest BCUT2D eigenvalue weighted by atomic mass is 16.3. The van der Waals surface area contributed by atoms with Gasteiger partial charge in [-0.05, 0) is 65.7 Å². The molecule has 11 rings (SSSR count). The van der Waals surface area contributed by atoms with Crippen molar-refractivity contribution in [1.82, 2.24) is 29.1 Å². The summed E-state index contributed by atoms with van der Waals surface area (Å²) in [6, 6.07) is 59.8. The van der Waals surface area contributed by atoms with Gasteiger partial charge in [-0.15, -0.1) is 0 Å². The average Bonchev–Trinajstić information content (AvgIpc) is 3.81. The molecule has 1 unspecified atom stereocenters. The number of hydrogen-bond donors (Lipinski definition) is 1. The van der Waals surface area contributed by atoms with Gasteiger partial charge in [0.25, 0.3) is 0 Å². The van der Waals surface area contributed by atoms with Crippen LogP contribution in [0.15, 0.2) is 176 Å². The molecule has 7 aromatic carbocycles. The second kappa shape index (κ2) is 12.3. The van der Waals surface area contributed by atoms with Crippen molar-refractivity contribution in [1.29, 1.82) is 0 Å². The summed E-state index contributed by atoms with van der Waals surface area (Å²) < 4.78 is 4.39. The van der Waals surface area contributed by atoms with E-state index in [2.05, 4.69) is 94.1 Å². The number of fused-ring (bicyclic) bond motifs is 8. The molecule has 1 atom stereocenters. The second-order valence-corrected chi connectivity index (χ2v) is 13.7. The molecule has 0 saturated heterocycles. The van der Waals surface area contributed by atoms with Gasteiger partial charge < -0.3 is 9.67 Å². The predicted molar refractivity (Wildman–Crippen MR) is 219 cm³/mol. The first-order valence-corrected chi connectivity index (χ1v) is 18.2. The van der Waals surface area contributed by atoms with Gasteiger partial charge in [0.2, 0.25) is 5.95 Å². The number of aliphatic hydroxyl groups excluding tert-OH is 1. The molecule has 0 saturated carbocycles. The van der Waals surface area contributed by atoms with Crippen LogP contribution in [0, 0.1) is 0 Å². The molecule has 4 heterocycles. The van der Waals surface area contributed by atoms with E-state index in [1.165, 1.54) is 10.8 Å². The molecule has 0 radical (unpaired) electrons. The van der Waals surface area contributed by atoms with Gasteiger partial charge in [-0.1, -0.05) is 121 Å². The van der Waals surface area contributed by atoms with Crippen LogP contribution in [-0.4, -0.2) is 34.2 Å². The lowest BCUT2D eigenvalue weighted by Crippen LogP contribution is -2.32. The van der Waals surface area contributed by atoms with Crippen LogP contribution >= 0.6 is 0 Å². The third-order valence-electron chi connectivity index (χ3n) is 10.5. The van der Waals surface area contributed by atoms with Crippen LogP contribution < -0.4 is 4.90 Å². The molecule has 1 aliphatic rings. The first kappa shape index (κ1) is 31.1. The Bertz CT molecular complexity index is 3010. The highest BCUT2D eigenvalue weighted by Gasteiger charge is 2.36. The molecular formula is C47H31N7O. The number of aromatic nitrogens is 6. The van der Waals surface area contributed by atoms with Gasteiger partial charge in [0, 0.05) is 27.6 Å². The van der Waals surface area contributed by atoms with Crippen molar-refractivity contribution in [3.63, 3.8) is 0 Å². The Morgan fingerprint density at radius 3 is 1.73 bits per heavy atom. The van der Waals surface area contributed by atoms with E-state index in [1.807, 2.05) is 91.0 Å². The lowest BCUT2D eigenvalue weighted by atomic mass is 10.0. The van der Waals surface area contributed by atoms with Crippen LogP contribution in [0.1, 0.15) is 12.1 Å². The summed E-state index contributed by atoms with van der Waals surface area (Å²) >= 11 is 0. The number of rotatable bonds is 5. The van der Waals surface area contributed by atoms with Crippen LogP contribution in [-0.2, 0) is 0 Å². The van der Waals surface area contributed by atoms with Crippen molar-refractivity contribution >= 4 is 44.5 Å². The van der Waals surface area contributed by atoms with Gasteiger partial charge >= 0.3 is 0 Å². The summed E-state index contributed by atoms with van der Waals surface area (Å²) in [5, 5.41) is 14.7. The molecular weight excluding hydrogens is 679 g/mol. The summed E-state index contributed by atoms with van der Waals surface area (Å²) in [4.78, 5) is 21.7. The molecule has 55 heavy (non-hydrogen) atoms. The number of anilines is 2. The van der Waals surface area contributed by atoms with Crippen molar-refractivity contribution in [2.75, 3.05) is 4.90 Å². The summed E-state index contributed by atoms with van der Waals surface area (Å²) in [5.41, 5.74) is 10.5. The highest BCUT2D eigenvalue weighted by molar-refractivity contribution is 6.10. The van der Waals surface area contributed by atoms with E-state index >= 15 is 0 Å². The fraction of sp³-hybridized carbons (Fsp3) is 0.0213. The largest absolute Gasteiger partial charge is 0.366 e. The zero-order valence-corrected chi connectivity index (χ0v) is 29.4. The molecule has 0 spiro atoms. The maximum Gasteiger partial charge on any atom is 0.236 e. The second-order valence-electron chi connectivity index (χ2n) is 13.7. The molecule has 0 fully saturated rings. The Morgan fingerprint density at radius 2 is 1.00 bits per heavy atom. The average molecular weight is 710 g/mol. The Balaban J connectivity index is 1.12. The van der Waals surface area contributed by atoms with Gasteiger partial charge in [-0.3, -0.25) is 9.47 Å². The van der Waals surface area contributed by atoms with Crippen LogP contribution in [0.2, 0.25) is 0 Å². The fourth-order valence-corrected chi connectivity index (χ4v) is 7.93. The Hall–Kier alpha value is -7.42. The Kier molecular flexibility index (Phi) is 6.98.